The third-order valence-electron chi connectivity index (χ3n) is 2.23. The summed E-state index contributed by atoms with van der Waals surface area (Å²) < 4.78 is 0. The summed E-state index contributed by atoms with van der Waals surface area (Å²) in [5.41, 5.74) is 2.15. The Bertz CT molecular complexity index is 488. The molecule has 0 saturated carbocycles. The molecule has 2 aromatic rings. The lowest BCUT2D eigenvalue weighted by Crippen LogP contribution is -1.89. The monoisotopic (exact) mass is 283 g/mol. The summed E-state index contributed by atoms with van der Waals surface area (Å²) in [7, 11) is 0. The van der Waals surface area contributed by atoms with Crippen LogP contribution >= 0.6 is 35.0 Å². The van der Waals surface area contributed by atoms with Crippen LogP contribution in [0.2, 0.25) is 10.2 Å². The highest BCUT2D eigenvalue weighted by molar-refractivity contribution is 7.97. The predicted octanol–water partition coefficient (Wildman–Crippen LogP) is 4.82. The number of hydrogen-bond donors (Lipinski definition) is 0. The highest BCUT2D eigenvalue weighted by atomic mass is 35.5. The summed E-state index contributed by atoms with van der Waals surface area (Å²) in [6.07, 6.45) is 0. The minimum absolute atomic E-state index is 0.490. The molecular formula is C13H11Cl2NS. The second-order valence-electron chi connectivity index (χ2n) is 3.54. The van der Waals surface area contributed by atoms with Crippen molar-refractivity contribution >= 4 is 35.0 Å². The fraction of sp³-hybridized carbons (Fsp3) is 0.154. The van der Waals surface area contributed by atoms with Crippen LogP contribution in [0, 0.1) is 0 Å². The van der Waals surface area contributed by atoms with Gasteiger partial charge < -0.3 is 0 Å². The average Bonchev–Trinajstić information content (AvgIpc) is 2.35. The van der Waals surface area contributed by atoms with Gasteiger partial charge in [0.05, 0.1) is 10.7 Å². The molecule has 1 nitrogen and oxygen atoms in total. The summed E-state index contributed by atoms with van der Waals surface area (Å²) in [6, 6.07) is 13.8. The number of thioether (sulfide) groups is 1. The quantitative estimate of drug-likeness (QED) is 0.746. The van der Waals surface area contributed by atoms with E-state index in [1.807, 2.05) is 18.2 Å². The first kappa shape index (κ1) is 12.7. The molecule has 0 aliphatic carbocycles. The molecule has 0 bridgehead atoms. The number of hydrogen-bond acceptors (Lipinski definition) is 2. The van der Waals surface area contributed by atoms with Gasteiger partial charge in [-0.1, -0.05) is 53.5 Å². The fourth-order valence-corrected chi connectivity index (χ4v) is 2.76. The Labute approximate surface area is 115 Å². The van der Waals surface area contributed by atoms with Crippen LogP contribution in [0.25, 0.3) is 0 Å². The van der Waals surface area contributed by atoms with E-state index in [-0.39, 0.29) is 0 Å². The van der Waals surface area contributed by atoms with Gasteiger partial charge in [0.2, 0.25) is 0 Å². The number of nitrogens with zero attached hydrogens (tertiary/aromatic N) is 1. The molecule has 0 amide bonds. The number of benzene rings is 1. The largest absolute Gasteiger partial charge is 0.239 e. The van der Waals surface area contributed by atoms with Crippen LogP contribution in [0.1, 0.15) is 11.3 Å². The molecule has 0 aliphatic rings. The van der Waals surface area contributed by atoms with Crippen LogP contribution in [0.15, 0.2) is 42.5 Å². The van der Waals surface area contributed by atoms with Gasteiger partial charge in [0.1, 0.15) is 5.15 Å². The van der Waals surface area contributed by atoms with Gasteiger partial charge in [0.15, 0.2) is 0 Å². The summed E-state index contributed by atoms with van der Waals surface area (Å²) in [5.74, 6) is 1.72. The number of pyridine rings is 1. The van der Waals surface area contributed by atoms with Crippen molar-refractivity contribution in [1.82, 2.24) is 4.98 Å². The van der Waals surface area contributed by atoms with Gasteiger partial charge >= 0.3 is 0 Å². The van der Waals surface area contributed by atoms with Crippen molar-refractivity contribution < 1.29 is 0 Å². The third kappa shape index (κ3) is 3.91. The van der Waals surface area contributed by atoms with E-state index in [1.165, 1.54) is 5.56 Å². The molecule has 0 unspecified atom stereocenters. The second-order valence-corrected chi connectivity index (χ2v) is 5.32. The Morgan fingerprint density at radius 3 is 2.47 bits per heavy atom. The molecule has 17 heavy (non-hydrogen) atoms. The van der Waals surface area contributed by atoms with Crippen LogP contribution in [-0.4, -0.2) is 4.98 Å². The number of halogens is 2. The van der Waals surface area contributed by atoms with Crippen molar-refractivity contribution in [3.63, 3.8) is 0 Å². The van der Waals surface area contributed by atoms with E-state index in [0.717, 1.165) is 17.2 Å². The predicted molar refractivity (Wildman–Crippen MR) is 75.7 cm³/mol. The van der Waals surface area contributed by atoms with Crippen molar-refractivity contribution in [1.29, 1.82) is 0 Å². The van der Waals surface area contributed by atoms with E-state index in [9.17, 15) is 0 Å². The van der Waals surface area contributed by atoms with Gasteiger partial charge in [0.25, 0.3) is 0 Å². The topological polar surface area (TPSA) is 12.9 Å². The fourth-order valence-electron chi connectivity index (χ4n) is 1.40. The molecule has 0 radical (unpaired) electrons. The summed E-state index contributed by atoms with van der Waals surface area (Å²) in [4.78, 5) is 4.22. The minimum Gasteiger partial charge on any atom is -0.239 e. The van der Waals surface area contributed by atoms with Crippen LogP contribution in [0.3, 0.4) is 0 Å². The molecule has 0 saturated heterocycles. The Morgan fingerprint density at radius 2 is 1.71 bits per heavy atom. The van der Waals surface area contributed by atoms with Gasteiger partial charge in [0, 0.05) is 11.5 Å². The van der Waals surface area contributed by atoms with Gasteiger partial charge in [-0.05, 0) is 17.7 Å². The molecule has 0 N–H and O–H groups in total. The highest BCUT2D eigenvalue weighted by Crippen LogP contribution is 2.23. The molecule has 0 aliphatic heterocycles. The zero-order chi connectivity index (χ0) is 12.1. The average molecular weight is 284 g/mol. The molecule has 0 atom stereocenters. The van der Waals surface area contributed by atoms with Crippen molar-refractivity contribution in [2.75, 3.05) is 0 Å². The number of rotatable bonds is 4. The lowest BCUT2D eigenvalue weighted by atomic mass is 10.2. The van der Waals surface area contributed by atoms with E-state index in [1.54, 1.807) is 23.9 Å². The van der Waals surface area contributed by atoms with Crippen LogP contribution in [0.5, 0.6) is 0 Å². The molecule has 88 valence electrons. The standard InChI is InChI=1S/C13H11Cl2NS/c14-11-6-7-13(15)16-12(11)9-17-8-10-4-2-1-3-5-10/h1-7H,8-9H2. The zero-order valence-corrected chi connectivity index (χ0v) is 11.4. The van der Waals surface area contributed by atoms with Crippen molar-refractivity contribution in [3.05, 3.63) is 63.9 Å². The maximum absolute atomic E-state index is 6.04. The summed E-state index contributed by atoms with van der Waals surface area (Å²) in [5, 5.41) is 1.17. The molecule has 2 rings (SSSR count). The zero-order valence-electron chi connectivity index (χ0n) is 9.07. The maximum Gasteiger partial charge on any atom is 0.129 e. The van der Waals surface area contributed by atoms with Crippen molar-refractivity contribution in [3.8, 4) is 0 Å². The lowest BCUT2D eigenvalue weighted by molar-refractivity contribution is 1.17. The molecule has 4 heteroatoms. The highest BCUT2D eigenvalue weighted by Gasteiger charge is 2.03. The first-order valence-electron chi connectivity index (χ1n) is 5.18. The van der Waals surface area contributed by atoms with Gasteiger partial charge in [-0.3, -0.25) is 0 Å². The number of aromatic nitrogens is 1. The third-order valence-corrected chi connectivity index (χ3v) is 3.80. The first-order chi connectivity index (χ1) is 8.25. The van der Waals surface area contributed by atoms with Crippen molar-refractivity contribution in [2.24, 2.45) is 0 Å². The molecule has 0 fully saturated rings. The Balaban J connectivity index is 1.92. The summed E-state index contributed by atoms with van der Waals surface area (Å²) >= 11 is 13.7. The summed E-state index contributed by atoms with van der Waals surface area (Å²) in [6.45, 7) is 0. The van der Waals surface area contributed by atoms with Crippen LogP contribution < -0.4 is 0 Å². The van der Waals surface area contributed by atoms with E-state index in [2.05, 4.69) is 17.1 Å². The maximum atomic E-state index is 6.04. The van der Waals surface area contributed by atoms with Gasteiger partial charge in [-0.2, -0.15) is 11.8 Å². The molecule has 1 heterocycles. The van der Waals surface area contributed by atoms with E-state index >= 15 is 0 Å². The van der Waals surface area contributed by atoms with E-state index < -0.39 is 0 Å². The molecule has 0 spiro atoms. The first-order valence-corrected chi connectivity index (χ1v) is 7.09. The molecule has 1 aromatic carbocycles. The van der Waals surface area contributed by atoms with Gasteiger partial charge in [-0.15, -0.1) is 0 Å². The Morgan fingerprint density at radius 1 is 0.941 bits per heavy atom. The SMILES string of the molecule is Clc1ccc(Cl)c(CSCc2ccccc2)n1. The van der Waals surface area contributed by atoms with Crippen LogP contribution in [0.4, 0.5) is 0 Å². The molecular weight excluding hydrogens is 273 g/mol. The lowest BCUT2D eigenvalue weighted by Gasteiger charge is -2.04. The normalized spacial score (nSPS) is 10.5. The van der Waals surface area contributed by atoms with Gasteiger partial charge in [-0.25, -0.2) is 4.98 Å². The smallest absolute Gasteiger partial charge is 0.129 e. The van der Waals surface area contributed by atoms with Crippen molar-refractivity contribution in [2.45, 2.75) is 11.5 Å². The Kier molecular flexibility index (Phi) is 4.72. The van der Waals surface area contributed by atoms with E-state index in [4.69, 9.17) is 23.2 Å². The van der Waals surface area contributed by atoms with Crippen LogP contribution in [-0.2, 0) is 11.5 Å². The Hall–Kier alpha value is -0.700. The molecule has 1 aromatic heterocycles. The minimum atomic E-state index is 0.490. The second kappa shape index (κ2) is 6.29. The van der Waals surface area contributed by atoms with E-state index in [0.29, 0.717) is 10.2 Å².